The molecule has 0 fully saturated rings. The molecule has 0 aliphatic carbocycles. The van der Waals surface area contributed by atoms with Gasteiger partial charge in [0.1, 0.15) is 5.82 Å². The van der Waals surface area contributed by atoms with Gasteiger partial charge >= 0.3 is 0 Å². The molecule has 1 aromatic rings. The highest BCUT2D eigenvalue weighted by molar-refractivity contribution is 6.52. The van der Waals surface area contributed by atoms with Crippen LogP contribution < -0.4 is 4.90 Å². The van der Waals surface area contributed by atoms with Crippen molar-refractivity contribution in [2.45, 2.75) is 6.92 Å². The van der Waals surface area contributed by atoms with Crippen molar-refractivity contribution in [3.63, 3.8) is 0 Å². The van der Waals surface area contributed by atoms with Gasteiger partial charge in [0, 0.05) is 6.54 Å². The van der Waals surface area contributed by atoms with E-state index in [1.54, 1.807) is 12.2 Å². The second kappa shape index (κ2) is 3.89. The van der Waals surface area contributed by atoms with Crippen molar-refractivity contribution in [2.75, 3.05) is 11.4 Å². The molecule has 0 saturated carbocycles. The number of carbonyl (C=O) groups excluding carboxylic acids is 2. The number of ketones is 1. The minimum atomic E-state index is -0.598. The summed E-state index contributed by atoms with van der Waals surface area (Å²) < 4.78 is 13.0. The number of hydrogen-bond acceptors (Lipinski definition) is 2. The van der Waals surface area contributed by atoms with Crippen molar-refractivity contribution in [1.29, 1.82) is 0 Å². The Balaban J connectivity index is 2.47. The van der Waals surface area contributed by atoms with E-state index in [1.807, 2.05) is 6.92 Å². The van der Waals surface area contributed by atoms with Crippen LogP contribution in [-0.4, -0.2) is 18.2 Å². The van der Waals surface area contributed by atoms with Gasteiger partial charge in [-0.1, -0.05) is 12.2 Å². The predicted molar refractivity (Wildman–Crippen MR) is 57.9 cm³/mol. The van der Waals surface area contributed by atoms with Crippen molar-refractivity contribution < 1.29 is 14.0 Å². The molecule has 3 nitrogen and oxygen atoms in total. The van der Waals surface area contributed by atoms with Gasteiger partial charge in [-0.15, -0.1) is 0 Å². The van der Waals surface area contributed by atoms with Gasteiger partial charge in [-0.2, -0.15) is 0 Å². The van der Waals surface area contributed by atoms with Crippen LogP contribution in [0.1, 0.15) is 17.3 Å². The molecule has 1 heterocycles. The van der Waals surface area contributed by atoms with Crippen LogP contribution >= 0.6 is 0 Å². The molecule has 0 N–H and O–H groups in total. The van der Waals surface area contributed by atoms with E-state index in [4.69, 9.17) is 0 Å². The molecule has 0 saturated heterocycles. The van der Waals surface area contributed by atoms with Crippen LogP contribution in [0.4, 0.5) is 10.1 Å². The van der Waals surface area contributed by atoms with E-state index in [1.165, 1.54) is 23.1 Å². The van der Waals surface area contributed by atoms with Crippen molar-refractivity contribution in [1.82, 2.24) is 0 Å². The molecule has 0 atom stereocenters. The Morgan fingerprint density at radius 2 is 2.12 bits per heavy atom. The van der Waals surface area contributed by atoms with Gasteiger partial charge in [-0.3, -0.25) is 9.59 Å². The predicted octanol–water partition coefficient (Wildman–Crippen LogP) is 1.93. The molecule has 1 aliphatic rings. The third-order valence-electron chi connectivity index (χ3n) is 2.46. The summed E-state index contributed by atoms with van der Waals surface area (Å²) in [6, 6.07) is 3.74. The zero-order valence-electron chi connectivity index (χ0n) is 8.74. The first kappa shape index (κ1) is 10.5. The number of anilines is 1. The summed E-state index contributed by atoms with van der Waals surface area (Å²) in [7, 11) is 0. The maximum absolute atomic E-state index is 13.0. The van der Waals surface area contributed by atoms with E-state index >= 15 is 0 Å². The Bertz CT molecular complexity index is 494. The lowest BCUT2D eigenvalue weighted by Crippen LogP contribution is -2.29. The van der Waals surface area contributed by atoms with Crippen molar-refractivity contribution in [2.24, 2.45) is 0 Å². The van der Waals surface area contributed by atoms with E-state index in [9.17, 15) is 14.0 Å². The van der Waals surface area contributed by atoms with Gasteiger partial charge in [-0.05, 0) is 25.1 Å². The highest BCUT2D eigenvalue weighted by Crippen LogP contribution is 2.29. The number of amides is 1. The summed E-state index contributed by atoms with van der Waals surface area (Å²) in [5.41, 5.74) is 0.629. The first-order chi connectivity index (χ1) is 7.65. The fourth-order valence-corrected chi connectivity index (χ4v) is 1.66. The fourth-order valence-electron chi connectivity index (χ4n) is 1.66. The molecule has 0 unspecified atom stereocenters. The van der Waals surface area contributed by atoms with Crippen molar-refractivity contribution in [3.8, 4) is 0 Å². The lowest BCUT2D eigenvalue weighted by molar-refractivity contribution is -0.114. The van der Waals surface area contributed by atoms with Crippen LogP contribution in [0.5, 0.6) is 0 Å². The second-order valence-electron chi connectivity index (χ2n) is 3.48. The van der Waals surface area contributed by atoms with E-state index in [2.05, 4.69) is 0 Å². The second-order valence-corrected chi connectivity index (χ2v) is 3.48. The average Bonchev–Trinajstić information content (AvgIpc) is 2.50. The monoisotopic (exact) mass is 219 g/mol. The number of Topliss-reactive ketones (excluding diaryl/α,β-unsaturated/α-hetero) is 1. The normalized spacial score (nSPS) is 15.0. The van der Waals surface area contributed by atoms with Crippen LogP contribution in [0.2, 0.25) is 0 Å². The van der Waals surface area contributed by atoms with Crippen molar-refractivity contribution in [3.05, 3.63) is 41.7 Å². The van der Waals surface area contributed by atoms with Gasteiger partial charge in [0.15, 0.2) is 0 Å². The molecule has 0 radical (unpaired) electrons. The summed E-state index contributed by atoms with van der Waals surface area (Å²) in [4.78, 5) is 24.4. The number of rotatable bonds is 2. The molecule has 4 heteroatoms. The van der Waals surface area contributed by atoms with E-state index < -0.39 is 17.5 Å². The van der Waals surface area contributed by atoms with Crippen LogP contribution in [0, 0.1) is 5.82 Å². The molecule has 0 bridgehead atoms. The van der Waals surface area contributed by atoms with Crippen molar-refractivity contribution >= 4 is 17.4 Å². The van der Waals surface area contributed by atoms with Gasteiger partial charge in [-0.25, -0.2) is 4.39 Å². The summed E-state index contributed by atoms with van der Waals surface area (Å²) in [5, 5.41) is 0. The Hall–Kier alpha value is -1.97. The molecule has 0 aromatic heterocycles. The van der Waals surface area contributed by atoms with Gasteiger partial charge < -0.3 is 4.90 Å². The van der Waals surface area contributed by atoms with Gasteiger partial charge in [0.05, 0.1) is 11.3 Å². The molecule has 2 rings (SSSR count). The lowest BCUT2D eigenvalue weighted by Gasteiger charge is -2.13. The van der Waals surface area contributed by atoms with E-state index in [0.717, 1.165) is 0 Å². The van der Waals surface area contributed by atoms with Gasteiger partial charge in [0.2, 0.25) is 0 Å². The lowest BCUT2D eigenvalue weighted by atomic mass is 10.1. The molecular weight excluding hydrogens is 209 g/mol. The third-order valence-corrected chi connectivity index (χ3v) is 2.46. The molecule has 1 aliphatic heterocycles. The molecular formula is C12H10FNO2. The summed E-state index contributed by atoms with van der Waals surface area (Å²) in [6.07, 6.45) is 3.51. The van der Waals surface area contributed by atoms with Gasteiger partial charge in [0.25, 0.3) is 11.7 Å². The number of carbonyl (C=O) groups is 2. The zero-order valence-corrected chi connectivity index (χ0v) is 8.74. The first-order valence-electron chi connectivity index (χ1n) is 4.92. The number of allylic oxidation sites excluding steroid dienone is 1. The minimum absolute atomic E-state index is 0.274. The third kappa shape index (κ3) is 1.52. The maximum atomic E-state index is 13.0. The average molecular weight is 219 g/mol. The number of fused-ring (bicyclic) bond motifs is 1. The summed E-state index contributed by atoms with van der Waals surface area (Å²) >= 11 is 0. The SMILES string of the molecule is C/C=C/CN1C(=O)C(=O)c2ccc(F)cc21. The van der Waals surface area contributed by atoms with Crippen LogP contribution in [0.15, 0.2) is 30.4 Å². The molecule has 16 heavy (non-hydrogen) atoms. The van der Waals surface area contributed by atoms with Crippen LogP contribution in [0.3, 0.4) is 0 Å². The minimum Gasteiger partial charge on any atom is -0.301 e. The van der Waals surface area contributed by atoms with Crippen LogP contribution in [-0.2, 0) is 4.79 Å². The number of halogens is 1. The van der Waals surface area contributed by atoms with E-state index in [-0.39, 0.29) is 12.1 Å². The Morgan fingerprint density at radius 3 is 2.81 bits per heavy atom. The Labute approximate surface area is 92.2 Å². The molecule has 1 aromatic carbocycles. The Kier molecular flexibility index (Phi) is 2.56. The highest BCUT2D eigenvalue weighted by atomic mass is 19.1. The quantitative estimate of drug-likeness (QED) is 0.563. The topological polar surface area (TPSA) is 37.4 Å². The number of nitrogens with zero attached hydrogens (tertiary/aromatic N) is 1. The molecule has 1 amide bonds. The highest BCUT2D eigenvalue weighted by Gasteiger charge is 2.35. The van der Waals surface area contributed by atoms with E-state index in [0.29, 0.717) is 5.69 Å². The molecule has 82 valence electrons. The largest absolute Gasteiger partial charge is 0.301 e. The summed E-state index contributed by atoms with van der Waals surface area (Å²) in [6.45, 7) is 2.10. The fraction of sp³-hybridized carbons (Fsp3) is 0.167. The first-order valence-corrected chi connectivity index (χ1v) is 4.92. The number of benzene rings is 1. The molecule has 0 spiro atoms. The Morgan fingerprint density at radius 1 is 1.38 bits per heavy atom. The maximum Gasteiger partial charge on any atom is 0.299 e. The zero-order chi connectivity index (χ0) is 11.7. The number of hydrogen-bond donors (Lipinski definition) is 0. The summed E-state index contributed by atoms with van der Waals surface area (Å²) in [5.74, 6) is -1.62. The standard InChI is InChI=1S/C12H10FNO2/c1-2-3-6-14-10-7-8(13)4-5-9(10)11(15)12(14)16/h2-5,7H,6H2,1H3/b3-2+. The van der Waals surface area contributed by atoms with Crippen LogP contribution in [0.25, 0.3) is 0 Å². The smallest absolute Gasteiger partial charge is 0.299 e.